The number of halogens is 2. The molecule has 1 aliphatic rings. The molecule has 0 saturated carbocycles. The van der Waals surface area contributed by atoms with Crippen LogP contribution in [0.25, 0.3) is 0 Å². The van der Waals surface area contributed by atoms with Crippen LogP contribution in [-0.2, 0) is 33.4 Å². The predicted octanol–water partition coefficient (Wildman–Crippen LogP) is 3.98. The van der Waals surface area contributed by atoms with E-state index in [9.17, 15) is 22.0 Å². The van der Waals surface area contributed by atoms with Crippen molar-refractivity contribution in [1.29, 1.82) is 0 Å². The third-order valence-corrected chi connectivity index (χ3v) is 7.58. The van der Waals surface area contributed by atoms with Crippen LogP contribution in [0.4, 0.5) is 8.78 Å². The Labute approximate surface area is 203 Å². The van der Waals surface area contributed by atoms with Crippen molar-refractivity contribution >= 4 is 15.7 Å². The van der Waals surface area contributed by atoms with Gasteiger partial charge >= 0.3 is 0 Å². The molecule has 0 radical (unpaired) electrons. The Kier molecular flexibility index (Phi) is 7.61. The van der Waals surface area contributed by atoms with Crippen LogP contribution in [0.1, 0.15) is 41.4 Å². The molecule has 0 spiro atoms. The Balaban J connectivity index is 1.65. The van der Waals surface area contributed by atoms with Crippen LogP contribution in [0.2, 0.25) is 0 Å². The van der Waals surface area contributed by atoms with E-state index in [0.717, 1.165) is 12.8 Å². The minimum absolute atomic E-state index is 0.0578. The van der Waals surface area contributed by atoms with Gasteiger partial charge < -0.3 is 14.2 Å². The highest BCUT2D eigenvalue weighted by atomic mass is 32.2. The Hall–Kier alpha value is -3.11. The highest BCUT2D eigenvalue weighted by Crippen LogP contribution is 2.23. The summed E-state index contributed by atoms with van der Waals surface area (Å²) in [5.74, 6) is -1.89. The second-order valence-electron chi connectivity index (χ2n) is 8.45. The average Bonchev–Trinajstić information content (AvgIpc) is 3.50. The monoisotopic (exact) mass is 503 g/mol. The molecule has 186 valence electrons. The average molecular weight is 504 g/mol. The maximum atomic E-state index is 14.2. The van der Waals surface area contributed by atoms with Gasteiger partial charge in [-0.3, -0.25) is 4.79 Å². The first-order valence-electron chi connectivity index (χ1n) is 11.5. The third kappa shape index (κ3) is 5.76. The summed E-state index contributed by atoms with van der Waals surface area (Å²) >= 11 is 0. The number of sulfone groups is 1. The van der Waals surface area contributed by atoms with Gasteiger partial charge in [0.15, 0.2) is 0 Å². The maximum Gasteiger partial charge on any atom is 0.254 e. The predicted molar refractivity (Wildman–Crippen MR) is 125 cm³/mol. The van der Waals surface area contributed by atoms with Gasteiger partial charge in [0.05, 0.1) is 36.8 Å². The molecular formula is C25H27F2N3O4S. The van der Waals surface area contributed by atoms with E-state index >= 15 is 0 Å². The van der Waals surface area contributed by atoms with Crippen molar-refractivity contribution in [2.45, 2.75) is 49.9 Å². The molecule has 1 atom stereocenters. The fourth-order valence-corrected chi connectivity index (χ4v) is 5.65. The topological polar surface area (TPSA) is 81.5 Å². The van der Waals surface area contributed by atoms with Crippen molar-refractivity contribution in [3.05, 3.63) is 83.2 Å². The van der Waals surface area contributed by atoms with Gasteiger partial charge in [-0.1, -0.05) is 18.2 Å². The number of amides is 1. The number of carbonyl (C=O) groups is 1. The number of rotatable bonds is 9. The molecule has 35 heavy (non-hydrogen) atoms. The number of aromatic nitrogens is 2. The largest absolute Gasteiger partial charge is 0.376 e. The first-order valence-corrected chi connectivity index (χ1v) is 13.1. The molecule has 10 heteroatoms. The summed E-state index contributed by atoms with van der Waals surface area (Å²) in [6, 6.07) is 11.0. The Bertz CT molecular complexity index is 1290. The van der Waals surface area contributed by atoms with E-state index in [-0.39, 0.29) is 35.8 Å². The molecule has 3 aromatic rings. The SMILES string of the molecule is CCN(Cc1cnc(S(=O)(=O)Cc2ccccc2F)n1C[C@H]1CCCO1)C(=O)c1ccc(F)cc1. The number of ether oxygens (including phenoxy) is 1. The van der Waals surface area contributed by atoms with Gasteiger partial charge in [0, 0.05) is 24.3 Å². The minimum Gasteiger partial charge on any atom is -0.376 e. The first-order chi connectivity index (χ1) is 16.8. The summed E-state index contributed by atoms with van der Waals surface area (Å²) in [6.07, 6.45) is 2.89. The van der Waals surface area contributed by atoms with Gasteiger partial charge in [-0.2, -0.15) is 0 Å². The lowest BCUT2D eigenvalue weighted by molar-refractivity contribution is 0.0741. The number of hydrogen-bond acceptors (Lipinski definition) is 5. The lowest BCUT2D eigenvalue weighted by Crippen LogP contribution is -2.32. The zero-order chi connectivity index (χ0) is 25.0. The van der Waals surface area contributed by atoms with Crippen LogP contribution in [0, 0.1) is 11.6 Å². The molecule has 0 unspecified atom stereocenters. The fourth-order valence-electron chi connectivity index (χ4n) is 4.14. The Morgan fingerprint density at radius 1 is 1.17 bits per heavy atom. The number of hydrogen-bond donors (Lipinski definition) is 0. The second kappa shape index (κ2) is 10.7. The molecule has 1 aromatic heterocycles. The molecule has 1 aliphatic heterocycles. The highest BCUT2D eigenvalue weighted by molar-refractivity contribution is 7.90. The smallest absolute Gasteiger partial charge is 0.254 e. The summed E-state index contributed by atoms with van der Waals surface area (Å²) in [6.45, 7) is 3.10. The van der Waals surface area contributed by atoms with Crippen LogP contribution in [0.5, 0.6) is 0 Å². The number of nitrogens with zero attached hydrogens (tertiary/aromatic N) is 3. The van der Waals surface area contributed by atoms with E-state index < -0.39 is 27.2 Å². The molecule has 1 saturated heterocycles. The molecule has 4 rings (SSSR count). The number of imidazole rings is 1. The summed E-state index contributed by atoms with van der Waals surface area (Å²) in [4.78, 5) is 18.7. The standard InChI is InChI=1S/C25H27F2N3O4S/c1-2-29(24(31)18-9-11-20(26)12-10-18)15-21-14-28-25(30(21)16-22-7-5-13-34-22)35(32,33)17-19-6-3-4-8-23(19)27/h3-4,6,8-12,14,22H,2,5,7,13,15-17H2,1H3/t22-/m1/s1. The van der Waals surface area contributed by atoms with Gasteiger partial charge in [0.25, 0.3) is 5.91 Å². The Morgan fingerprint density at radius 3 is 2.57 bits per heavy atom. The van der Waals surface area contributed by atoms with Crippen LogP contribution >= 0.6 is 0 Å². The van der Waals surface area contributed by atoms with E-state index in [1.165, 1.54) is 53.6 Å². The van der Waals surface area contributed by atoms with E-state index in [0.29, 0.717) is 24.4 Å². The molecule has 1 amide bonds. The minimum atomic E-state index is -4.00. The van der Waals surface area contributed by atoms with Gasteiger partial charge in [0.1, 0.15) is 11.6 Å². The summed E-state index contributed by atoms with van der Waals surface area (Å²) < 4.78 is 61.4. The van der Waals surface area contributed by atoms with E-state index in [4.69, 9.17) is 4.74 Å². The Morgan fingerprint density at radius 2 is 1.91 bits per heavy atom. The number of benzene rings is 2. The van der Waals surface area contributed by atoms with Crippen molar-refractivity contribution in [1.82, 2.24) is 14.5 Å². The van der Waals surface area contributed by atoms with Crippen LogP contribution in [0.15, 0.2) is 59.9 Å². The molecule has 2 heterocycles. The van der Waals surface area contributed by atoms with Crippen molar-refractivity contribution in [2.75, 3.05) is 13.2 Å². The van der Waals surface area contributed by atoms with Crippen molar-refractivity contribution in [3.8, 4) is 0 Å². The second-order valence-corrected chi connectivity index (χ2v) is 10.3. The lowest BCUT2D eigenvalue weighted by Gasteiger charge is -2.23. The van der Waals surface area contributed by atoms with E-state index in [2.05, 4.69) is 4.98 Å². The fraction of sp³-hybridized carbons (Fsp3) is 0.360. The number of carbonyl (C=O) groups excluding carboxylic acids is 1. The molecule has 0 aliphatic carbocycles. The van der Waals surface area contributed by atoms with Crippen LogP contribution in [-0.4, -0.2) is 48.0 Å². The van der Waals surface area contributed by atoms with Crippen LogP contribution < -0.4 is 0 Å². The van der Waals surface area contributed by atoms with Gasteiger partial charge in [-0.25, -0.2) is 22.2 Å². The lowest BCUT2D eigenvalue weighted by atomic mass is 10.2. The summed E-state index contributed by atoms with van der Waals surface area (Å²) in [5, 5.41) is -0.184. The van der Waals surface area contributed by atoms with Gasteiger partial charge in [0.2, 0.25) is 15.0 Å². The molecule has 7 nitrogen and oxygen atoms in total. The maximum absolute atomic E-state index is 14.2. The molecular weight excluding hydrogens is 476 g/mol. The zero-order valence-electron chi connectivity index (χ0n) is 19.4. The summed E-state index contributed by atoms with van der Waals surface area (Å²) in [5.41, 5.74) is 0.901. The van der Waals surface area contributed by atoms with Crippen molar-refractivity contribution in [2.24, 2.45) is 0 Å². The highest BCUT2D eigenvalue weighted by Gasteiger charge is 2.29. The first kappa shape index (κ1) is 25.0. The van der Waals surface area contributed by atoms with E-state index in [1.807, 2.05) is 0 Å². The van der Waals surface area contributed by atoms with Crippen molar-refractivity contribution in [3.63, 3.8) is 0 Å². The zero-order valence-corrected chi connectivity index (χ0v) is 20.2. The quantitative estimate of drug-likeness (QED) is 0.441. The summed E-state index contributed by atoms with van der Waals surface area (Å²) in [7, 11) is -4.00. The van der Waals surface area contributed by atoms with E-state index in [1.54, 1.807) is 17.6 Å². The van der Waals surface area contributed by atoms with Crippen LogP contribution in [0.3, 0.4) is 0 Å². The molecule has 0 bridgehead atoms. The third-order valence-electron chi connectivity index (χ3n) is 6.01. The molecule has 1 fully saturated rings. The molecule has 2 aromatic carbocycles. The van der Waals surface area contributed by atoms with Gasteiger partial charge in [-0.05, 0) is 50.1 Å². The van der Waals surface area contributed by atoms with Crippen molar-refractivity contribution < 1.29 is 26.7 Å². The normalized spacial score (nSPS) is 15.9. The molecule has 0 N–H and O–H groups in total. The van der Waals surface area contributed by atoms with Gasteiger partial charge in [-0.15, -0.1) is 0 Å².